The summed E-state index contributed by atoms with van der Waals surface area (Å²) in [6.45, 7) is 3.95. The molecule has 1 aromatic heterocycles. The first kappa shape index (κ1) is 17.6. The minimum Gasteiger partial charge on any atom is -0.394 e. The smallest absolute Gasteiger partial charge is 0.220 e. The molecule has 1 aliphatic heterocycles. The van der Waals surface area contributed by atoms with E-state index in [0.29, 0.717) is 37.3 Å². The minimum absolute atomic E-state index is 0.138. The van der Waals surface area contributed by atoms with Crippen LogP contribution in [0.3, 0.4) is 0 Å². The van der Waals surface area contributed by atoms with E-state index in [1.165, 1.54) is 0 Å². The Morgan fingerprint density at radius 2 is 2.22 bits per heavy atom. The highest BCUT2D eigenvalue weighted by Gasteiger charge is 2.39. The van der Waals surface area contributed by atoms with Crippen LogP contribution in [0.4, 0.5) is 0 Å². The standard InChI is InChI=1S/C16H22N4O2S/c1-4-5-7-16(19-20-16)8-6-14(22)17-12(9-21)13-10-23-15(18-13)11(2)3/h1,10-12,21H,5-9H2,2-3H3,(H,17,22). The molecule has 2 N–H and O–H groups in total. The van der Waals surface area contributed by atoms with Crippen molar-refractivity contribution in [3.8, 4) is 12.3 Å². The SMILES string of the molecule is C#CCCC1(CCC(=O)NC(CO)c2csc(C(C)C)n2)N=N1. The van der Waals surface area contributed by atoms with Crippen LogP contribution in [0, 0.1) is 12.3 Å². The Morgan fingerprint density at radius 1 is 1.48 bits per heavy atom. The van der Waals surface area contributed by atoms with E-state index < -0.39 is 11.7 Å². The zero-order valence-electron chi connectivity index (χ0n) is 13.5. The van der Waals surface area contributed by atoms with Gasteiger partial charge in [0.25, 0.3) is 0 Å². The van der Waals surface area contributed by atoms with Gasteiger partial charge in [-0.2, -0.15) is 10.2 Å². The fourth-order valence-corrected chi connectivity index (χ4v) is 3.08. The first-order valence-electron chi connectivity index (χ1n) is 7.73. The third-order valence-electron chi connectivity index (χ3n) is 3.71. The number of rotatable bonds is 9. The monoisotopic (exact) mass is 334 g/mol. The number of carbonyl (C=O) groups is 1. The van der Waals surface area contributed by atoms with E-state index in [4.69, 9.17) is 6.42 Å². The number of hydrogen-bond donors (Lipinski definition) is 2. The Morgan fingerprint density at radius 3 is 2.74 bits per heavy atom. The summed E-state index contributed by atoms with van der Waals surface area (Å²) in [5, 5.41) is 23.3. The van der Waals surface area contributed by atoms with Gasteiger partial charge in [0.05, 0.1) is 23.4 Å². The highest BCUT2D eigenvalue weighted by Crippen LogP contribution is 2.37. The fraction of sp³-hybridized carbons (Fsp3) is 0.625. The van der Waals surface area contributed by atoms with Crippen molar-refractivity contribution in [1.82, 2.24) is 10.3 Å². The maximum atomic E-state index is 12.1. The molecule has 2 heterocycles. The van der Waals surface area contributed by atoms with Gasteiger partial charge in [-0.1, -0.05) is 13.8 Å². The lowest BCUT2D eigenvalue weighted by molar-refractivity contribution is -0.122. The third-order valence-corrected chi connectivity index (χ3v) is 4.88. The number of amides is 1. The van der Waals surface area contributed by atoms with Gasteiger partial charge < -0.3 is 10.4 Å². The summed E-state index contributed by atoms with van der Waals surface area (Å²) < 4.78 is 0. The van der Waals surface area contributed by atoms with Crippen LogP contribution in [-0.4, -0.2) is 28.3 Å². The zero-order valence-corrected chi connectivity index (χ0v) is 14.3. The van der Waals surface area contributed by atoms with Crippen LogP contribution in [0.15, 0.2) is 15.6 Å². The Balaban J connectivity index is 1.84. The number of thiazole rings is 1. The molecule has 1 atom stereocenters. The normalized spacial score (nSPS) is 16.1. The van der Waals surface area contributed by atoms with E-state index in [0.717, 1.165) is 5.01 Å². The topological polar surface area (TPSA) is 86.9 Å². The number of carbonyl (C=O) groups excluding carboxylic acids is 1. The molecule has 0 radical (unpaired) electrons. The van der Waals surface area contributed by atoms with Crippen molar-refractivity contribution < 1.29 is 9.90 Å². The van der Waals surface area contributed by atoms with Gasteiger partial charge >= 0.3 is 0 Å². The van der Waals surface area contributed by atoms with Crippen LogP contribution in [0.1, 0.15) is 62.2 Å². The molecule has 1 aliphatic rings. The summed E-state index contributed by atoms with van der Waals surface area (Å²) in [5.41, 5.74) is 0.251. The molecule has 6 nitrogen and oxygen atoms in total. The quantitative estimate of drug-likeness (QED) is 0.681. The first-order chi connectivity index (χ1) is 11.0. The molecule has 23 heavy (non-hydrogen) atoms. The van der Waals surface area contributed by atoms with E-state index in [9.17, 15) is 9.90 Å². The lowest BCUT2D eigenvalue weighted by Crippen LogP contribution is -2.31. The zero-order chi connectivity index (χ0) is 16.9. The maximum Gasteiger partial charge on any atom is 0.220 e. The Kier molecular flexibility index (Phi) is 5.85. The van der Waals surface area contributed by atoms with E-state index in [1.54, 1.807) is 11.3 Å². The first-order valence-corrected chi connectivity index (χ1v) is 8.60. The van der Waals surface area contributed by atoms with Crippen molar-refractivity contribution in [3.05, 3.63) is 16.1 Å². The van der Waals surface area contributed by atoms with Crippen LogP contribution in [-0.2, 0) is 4.79 Å². The largest absolute Gasteiger partial charge is 0.394 e. The van der Waals surface area contributed by atoms with Crippen molar-refractivity contribution in [1.29, 1.82) is 0 Å². The summed E-state index contributed by atoms with van der Waals surface area (Å²) in [6, 6.07) is -0.471. The van der Waals surface area contributed by atoms with Crippen molar-refractivity contribution in [2.24, 2.45) is 10.2 Å². The second kappa shape index (κ2) is 7.66. The fourth-order valence-electron chi connectivity index (χ4n) is 2.19. The average molecular weight is 334 g/mol. The number of nitrogens with one attached hydrogen (secondary N) is 1. The van der Waals surface area contributed by atoms with E-state index >= 15 is 0 Å². The van der Waals surface area contributed by atoms with E-state index in [2.05, 4.69) is 40.3 Å². The van der Waals surface area contributed by atoms with Gasteiger partial charge in [-0.15, -0.1) is 23.7 Å². The lowest BCUT2D eigenvalue weighted by Gasteiger charge is -2.15. The minimum atomic E-state index is -0.471. The summed E-state index contributed by atoms with van der Waals surface area (Å²) in [5.74, 6) is 2.76. The Bertz CT molecular complexity index is 612. The molecule has 124 valence electrons. The molecular formula is C16H22N4O2S. The number of aliphatic hydroxyl groups excluding tert-OH is 1. The molecule has 0 aromatic carbocycles. The number of hydrogen-bond acceptors (Lipinski definition) is 6. The third kappa shape index (κ3) is 4.85. The van der Waals surface area contributed by atoms with Gasteiger partial charge in [-0.3, -0.25) is 4.79 Å². The summed E-state index contributed by atoms with van der Waals surface area (Å²) in [4.78, 5) is 16.6. The second-order valence-electron chi connectivity index (χ2n) is 5.95. The van der Waals surface area contributed by atoms with Crippen molar-refractivity contribution >= 4 is 17.2 Å². The second-order valence-corrected chi connectivity index (χ2v) is 6.84. The van der Waals surface area contributed by atoms with Gasteiger partial charge in [0, 0.05) is 37.0 Å². The average Bonchev–Trinajstić information content (AvgIpc) is 3.13. The molecule has 0 bridgehead atoms. The van der Waals surface area contributed by atoms with E-state index in [-0.39, 0.29) is 12.5 Å². The highest BCUT2D eigenvalue weighted by atomic mass is 32.1. The van der Waals surface area contributed by atoms with Gasteiger partial charge in [-0.05, 0) is 0 Å². The molecule has 0 aliphatic carbocycles. The van der Waals surface area contributed by atoms with Crippen LogP contribution in [0.2, 0.25) is 0 Å². The van der Waals surface area contributed by atoms with Crippen molar-refractivity contribution in [2.75, 3.05) is 6.61 Å². The molecule has 0 saturated carbocycles. The number of nitrogens with zero attached hydrogens (tertiary/aromatic N) is 3. The van der Waals surface area contributed by atoms with Gasteiger partial charge in [0.15, 0.2) is 5.66 Å². The molecule has 1 amide bonds. The Hall–Kier alpha value is -1.78. The molecule has 0 fully saturated rings. The molecule has 0 spiro atoms. The van der Waals surface area contributed by atoms with Gasteiger partial charge in [0.2, 0.25) is 5.91 Å². The summed E-state index contributed by atoms with van der Waals surface area (Å²) in [6.07, 6.45) is 7.38. The Labute approximate surface area is 140 Å². The number of terminal acetylenes is 1. The summed E-state index contributed by atoms with van der Waals surface area (Å²) >= 11 is 1.54. The summed E-state index contributed by atoms with van der Waals surface area (Å²) in [7, 11) is 0. The molecule has 0 saturated heterocycles. The highest BCUT2D eigenvalue weighted by molar-refractivity contribution is 7.09. The molecule has 7 heteroatoms. The van der Waals surface area contributed by atoms with Crippen LogP contribution in [0.5, 0.6) is 0 Å². The van der Waals surface area contributed by atoms with Gasteiger partial charge in [0.1, 0.15) is 0 Å². The van der Waals surface area contributed by atoms with Crippen molar-refractivity contribution in [2.45, 2.75) is 57.2 Å². The lowest BCUT2D eigenvalue weighted by atomic mass is 10.0. The molecule has 1 aromatic rings. The molecule has 2 rings (SSSR count). The predicted octanol–water partition coefficient (Wildman–Crippen LogP) is 2.77. The van der Waals surface area contributed by atoms with Crippen LogP contribution in [0.25, 0.3) is 0 Å². The number of aliphatic hydroxyl groups is 1. The van der Waals surface area contributed by atoms with Crippen LogP contribution < -0.4 is 5.32 Å². The van der Waals surface area contributed by atoms with Gasteiger partial charge in [-0.25, -0.2) is 4.98 Å². The maximum absolute atomic E-state index is 12.1. The van der Waals surface area contributed by atoms with E-state index in [1.807, 2.05) is 5.38 Å². The molecule has 1 unspecified atom stereocenters. The predicted molar refractivity (Wildman–Crippen MR) is 89.1 cm³/mol. The number of aromatic nitrogens is 1. The van der Waals surface area contributed by atoms with Crippen LogP contribution >= 0.6 is 11.3 Å². The molecular weight excluding hydrogens is 312 g/mol. The van der Waals surface area contributed by atoms with Crippen molar-refractivity contribution in [3.63, 3.8) is 0 Å².